The van der Waals surface area contributed by atoms with Crippen molar-refractivity contribution < 1.29 is 4.20 Å². The van der Waals surface area contributed by atoms with Gasteiger partial charge in [0.15, 0.2) is 0 Å². The molecule has 0 N–H and O–H groups in total. The highest BCUT2D eigenvalue weighted by Crippen LogP contribution is 2.65. The number of hydrogen-bond acceptors (Lipinski definition) is 8. The molecule has 0 saturated heterocycles. The van der Waals surface area contributed by atoms with Crippen LogP contribution in [0, 0.1) is 0 Å². The summed E-state index contributed by atoms with van der Waals surface area (Å²) in [4.78, 5) is 5.46. The van der Waals surface area contributed by atoms with Gasteiger partial charge < -0.3 is 0 Å². The van der Waals surface area contributed by atoms with Crippen molar-refractivity contribution in [3.05, 3.63) is 177 Å². The fourth-order valence-electron chi connectivity index (χ4n) is 4.40. The van der Waals surface area contributed by atoms with Crippen LogP contribution >= 0.6 is 168 Å². The van der Waals surface area contributed by atoms with Gasteiger partial charge in [0.05, 0.1) is 22.8 Å². The minimum absolute atomic E-state index is 0. The maximum Gasteiger partial charge on any atom is 0.131 e. The summed E-state index contributed by atoms with van der Waals surface area (Å²) in [6.45, 7) is -0.447. The van der Waals surface area contributed by atoms with Gasteiger partial charge in [0.25, 0.3) is 0 Å². The maximum absolute atomic E-state index is 10.3. The Hall–Kier alpha value is 0.670. The molecule has 0 saturated carbocycles. The fraction of sp³-hybridized carbons (Fsp3) is 0.0270. The number of rotatable bonds is 4. The van der Waals surface area contributed by atoms with Gasteiger partial charge >= 0.3 is 0 Å². The van der Waals surface area contributed by atoms with E-state index in [2.05, 4.69) is 177 Å². The second kappa shape index (κ2) is 21.7. The second-order valence-electron chi connectivity index (χ2n) is 9.70. The van der Waals surface area contributed by atoms with Gasteiger partial charge in [0.1, 0.15) is 6.53 Å². The van der Waals surface area contributed by atoms with Crippen molar-refractivity contribution in [2.75, 3.05) is 0 Å². The average molecular weight is 1160 g/mol. The molecule has 0 nitrogen and oxygen atoms in total. The van der Waals surface area contributed by atoms with Gasteiger partial charge in [-0.1, -0.05) is 223 Å². The predicted molar refractivity (Wildman–Crippen MR) is 269 cm³/mol. The lowest BCUT2D eigenvalue weighted by Gasteiger charge is -2.04. The van der Waals surface area contributed by atoms with Gasteiger partial charge in [-0.2, -0.15) is 0 Å². The molecule has 4 aromatic carbocycles. The van der Waals surface area contributed by atoms with E-state index < -0.39 is 6.53 Å². The lowest BCUT2D eigenvalue weighted by Crippen LogP contribution is -1.76. The molecule has 8 rings (SSSR count). The first kappa shape index (κ1) is 41.8. The zero-order chi connectivity index (χ0) is 34.0. The van der Waals surface area contributed by atoms with E-state index in [0.29, 0.717) is 0 Å². The third-order valence-electron chi connectivity index (χ3n) is 6.58. The van der Waals surface area contributed by atoms with E-state index in [-0.39, 0.29) is 7.43 Å². The Morgan fingerprint density at radius 2 is 0.720 bits per heavy atom. The van der Waals surface area contributed by atoms with Crippen molar-refractivity contribution in [2.45, 2.75) is 7.43 Å². The second-order valence-corrected chi connectivity index (χ2v) is 23.7. The van der Waals surface area contributed by atoms with Crippen LogP contribution in [0.15, 0.2) is 155 Å². The van der Waals surface area contributed by atoms with Crippen molar-refractivity contribution in [2.24, 2.45) is 0 Å². The number of thioether (sulfide) groups is 8. The van der Waals surface area contributed by atoms with Crippen molar-refractivity contribution in [1.82, 2.24) is 0 Å². The summed E-state index contributed by atoms with van der Waals surface area (Å²) in [6, 6.07) is 42.6. The minimum atomic E-state index is -0.447. The molecule has 4 aliphatic rings. The van der Waals surface area contributed by atoms with Gasteiger partial charge in [-0.05, 0) is 100 Å². The molecule has 256 valence electrons. The first-order valence-electron chi connectivity index (χ1n) is 14.3. The van der Waals surface area contributed by atoms with Crippen molar-refractivity contribution in [3.8, 4) is 0 Å². The molecule has 0 aromatic heterocycles. The summed E-state index contributed by atoms with van der Waals surface area (Å²) < 4.78 is 18.7. The molecule has 13 heteroatoms. The third-order valence-corrected chi connectivity index (χ3v) is 20.5. The molecule has 0 bridgehead atoms. The number of benzene rings is 4. The van der Waals surface area contributed by atoms with Crippen LogP contribution in [-0.4, -0.2) is 0 Å². The molecular weight excluding hydrogens is 1130 g/mol. The van der Waals surface area contributed by atoms with Crippen LogP contribution < -0.4 is 0 Å². The summed E-state index contributed by atoms with van der Waals surface area (Å²) in [5.41, 5.74) is 5.24. The summed E-state index contributed by atoms with van der Waals surface area (Å²) in [5, 5.41) is 4.54. The van der Waals surface area contributed by atoms with Crippen molar-refractivity contribution in [3.63, 3.8) is 0 Å². The lowest BCUT2D eigenvalue weighted by molar-refractivity contribution is 0.939. The normalized spacial score (nSPS) is 19.9. The summed E-state index contributed by atoms with van der Waals surface area (Å²) >= 11 is 21.7. The van der Waals surface area contributed by atoms with E-state index in [9.17, 15) is 4.20 Å². The molecule has 0 amide bonds. The average Bonchev–Trinajstić information content (AvgIpc) is 3.97. The first-order chi connectivity index (χ1) is 24.0. The highest BCUT2D eigenvalue weighted by molar-refractivity contribution is 14.2. The van der Waals surface area contributed by atoms with Gasteiger partial charge in [0, 0.05) is 19.6 Å². The molecule has 1 atom stereocenters. The SMILES string of the molecule is C.C1=C(c2ccccc2)S/C(=C2\SC=C(c3ccccc3)S2)S1.FPI.IC1=C(c2ccccc2)S/C(=C2\SC(I)=C(c3ccccc3)S2)S1. The van der Waals surface area contributed by atoms with Gasteiger partial charge in [0.2, 0.25) is 0 Å². The Balaban J connectivity index is 0.000000178. The van der Waals surface area contributed by atoms with Gasteiger partial charge in [-0.25, -0.2) is 4.20 Å². The maximum atomic E-state index is 10.3. The van der Waals surface area contributed by atoms with Crippen molar-refractivity contribution >= 4 is 187 Å². The molecule has 4 heterocycles. The zero-order valence-corrected chi connectivity index (χ0v) is 39.0. The highest BCUT2D eigenvalue weighted by Gasteiger charge is 2.29. The van der Waals surface area contributed by atoms with E-state index in [0.717, 1.165) is 0 Å². The number of hydrogen-bond donors (Lipinski definition) is 0. The third kappa shape index (κ3) is 11.4. The summed E-state index contributed by atoms with van der Waals surface area (Å²) in [6.07, 6.45) is 0. The monoisotopic (exact) mass is 1160 g/mol. The minimum Gasteiger partial charge on any atom is -0.219 e. The van der Waals surface area contributed by atoms with Crippen LogP contribution in [0.1, 0.15) is 29.7 Å². The molecule has 0 aliphatic carbocycles. The van der Waals surface area contributed by atoms with Crippen LogP contribution in [0.3, 0.4) is 0 Å². The molecule has 0 radical (unpaired) electrons. The van der Waals surface area contributed by atoms with Gasteiger partial charge in [-0.15, -0.1) is 0 Å². The molecule has 1 unspecified atom stereocenters. The molecule has 0 spiro atoms. The predicted octanol–water partition coefficient (Wildman–Crippen LogP) is 18.2. The lowest BCUT2D eigenvalue weighted by atomic mass is 10.2. The Morgan fingerprint density at radius 3 is 1.04 bits per heavy atom. The van der Waals surface area contributed by atoms with E-state index in [1.807, 2.05) is 94.1 Å². The van der Waals surface area contributed by atoms with Gasteiger partial charge in [-0.3, -0.25) is 0 Å². The van der Waals surface area contributed by atoms with E-state index >= 15 is 0 Å². The Labute approximate surface area is 371 Å². The highest BCUT2D eigenvalue weighted by atomic mass is 127. The van der Waals surface area contributed by atoms with Crippen LogP contribution in [0.25, 0.3) is 19.6 Å². The summed E-state index contributed by atoms with van der Waals surface area (Å²) in [7, 11) is 0. The smallest absolute Gasteiger partial charge is 0.131 e. The van der Waals surface area contributed by atoms with Crippen LogP contribution in [0.5, 0.6) is 0 Å². The van der Waals surface area contributed by atoms with Crippen LogP contribution in [0.2, 0.25) is 0 Å². The number of halogens is 4. The first-order valence-corrected chi connectivity index (χ1v) is 27.1. The van der Waals surface area contributed by atoms with Crippen LogP contribution in [-0.2, 0) is 0 Å². The topological polar surface area (TPSA) is 0 Å². The molecular formula is C37H27FI3PS8. The Bertz CT molecular complexity index is 1830. The standard InChI is InChI=1S/C18H10I2S4.C18H12S4.CH4.FHIP/c19-15-13(11-7-3-1-4-8-11)21-17(23-15)18-22-14(16(20)24-18)12-9-5-2-6-10-12;1-3-7-13(8-4-1)15-11-19-17(21-15)18-20-12-16(22-18)14-9-5-2-6-10-14;;1-3-2/h1-10H;1-12H;1H4;3H/b2*18-17+;;. The quantitative estimate of drug-likeness (QED) is 0.145. The molecule has 50 heavy (non-hydrogen) atoms. The van der Waals surface area contributed by atoms with Crippen molar-refractivity contribution in [1.29, 1.82) is 0 Å². The Kier molecular flexibility index (Phi) is 18.1. The largest absolute Gasteiger partial charge is 0.219 e. The molecule has 4 aliphatic heterocycles. The Morgan fingerprint density at radius 1 is 0.420 bits per heavy atom. The van der Waals surface area contributed by atoms with E-state index in [1.165, 1.54) is 64.6 Å². The summed E-state index contributed by atoms with van der Waals surface area (Å²) in [5.74, 6) is 0. The molecule has 4 aromatic rings. The van der Waals surface area contributed by atoms with E-state index in [4.69, 9.17) is 0 Å². The van der Waals surface area contributed by atoms with Crippen LogP contribution in [0.4, 0.5) is 4.20 Å². The zero-order valence-electron chi connectivity index (χ0n) is 25.0. The molecule has 0 fully saturated rings. The fourth-order valence-corrected chi connectivity index (χ4v) is 17.8. The van der Waals surface area contributed by atoms with E-state index in [1.54, 1.807) is 22.0 Å².